The smallest absolute Gasteiger partial charge is 0.160 e. The highest BCUT2D eigenvalue weighted by atomic mass is 15.0. The van der Waals surface area contributed by atoms with Crippen LogP contribution in [0.4, 0.5) is 0 Å². The van der Waals surface area contributed by atoms with Crippen LogP contribution in [0.5, 0.6) is 0 Å². The molecule has 0 aliphatic rings. The van der Waals surface area contributed by atoms with Crippen LogP contribution >= 0.6 is 0 Å². The molecule has 3 heteroatoms. The van der Waals surface area contributed by atoms with Gasteiger partial charge in [0.05, 0.1) is 22.4 Å². The second kappa shape index (κ2) is 15.3. The molecule has 2 heterocycles. The largest absolute Gasteiger partial charge is 0.309 e. The van der Waals surface area contributed by atoms with Crippen LogP contribution in [0.2, 0.25) is 0 Å². The molecule has 0 aliphatic carbocycles. The Morgan fingerprint density at radius 1 is 0.286 bits per heavy atom. The molecule has 0 spiro atoms. The van der Waals surface area contributed by atoms with E-state index in [1.165, 1.54) is 60.2 Å². The van der Waals surface area contributed by atoms with Crippen molar-refractivity contribution >= 4 is 43.4 Å². The Labute approximate surface area is 365 Å². The highest BCUT2D eigenvalue weighted by Gasteiger charge is 2.19. The lowest BCUT2D eigenvalue weighted by molar-refractivity contribution is 1.18. The summed E-state index contributed by atoms with van der Waals surface area (Å²) in [5.74, 6) is 0.696. The quantitative estimate of drug-likeness (QED) is 0.161. The first-order valence-electron chi connectivity index (χ1n) is 21.5. The van der Waals surface area contributed by atoms with Gasteiger partial charge in [-0.15, -0.1) is 0 Å². The molecule has 0 radical (unpaired) electrons. The molecular formula is C60H39N3. The molecule has 3 nitrogen and oxygen atoms in total. The molecule has 0 aliphatic heterocycles. The summed E-state index contributed by atoms with van der Waals surface area (Å²) in [6.07, 6.45) is 0. The van der Waals surface area contributed by atoms with E-state index in [0.717, 1.165) is 50.3 Å². The van der Waals surface area contributed by atoms with Crippen LogP contribution in [0.25, 0.3) is 116 Å². The van der Waals surface area contributed by atoms with E-state index in [1.807, 2.05) is 6.07 Å². The zero-order valence-corrected chi connectivity index (χ0v) is 34.4. The second-order valence-corrected chi connectivity index (χ2v) is 16.1. The predicted octanol–water partition coefficient (Wildman–Crippen LogP) is 15.9. The van der Waals surface area contributed by atoms with Gasteiger partial charge in [-0.2, -0.15) is 0 Å². The van der Waals surface area contributed by atoms with Crippen LogP contribution < -0.4 is 0 Å². The summed E-state index contributed by atoms with van der Waals surface area (Å²) in [6, 6.07) is 84.6. The Morgan fingerprint density at radius 2 is 0.810 bits per heavy atom. The molecule has 0 saturated heterocycles. The minimum absolute atomic E-state index is 0.696. The zero-order chi connectivity index (χ0) is 41.7. The molecule has 10 aromatic carbocycles. The van der Waals surface area contributed by atoms with Crippen molar-refractivity contribution in [1.29, 1.82) is 0 Å². The van der Waals surface area contributed by atoms with Gasteiger partial charge >= 0.3 is 0 Å². The lowest BCUT2D eigenvalue weighted by Gasteiger charge is -2.17. The van der Waals surface area contributed by atoms with Crippen molar-refractivity contribution in [2.24, 2.45) is 0 Å². The summed E-state index contributed by atoms with van der Waals surface area (Å²) >= 11 is 0. The summed E-state index contributed by atoms with van der Waals surface area (Å²) in [7, 11) is 0. The van der Waals surface area contributed by atoms with Gasteiger partial charge in [0.15, 0.2) is 5.82 Å². The number of aromatic nitrogens is 3. The summed E-state index contributed by atoms with van der Waals surface area (Å²) in [5, 5.41) is 7.22. The van der Waals surface area contributed by atoms with Crippen LogP contribution in [0, 0.1) is 0 Å². The van der Waals surface area contributed by atoms with Gasteiger partial charge in [0, 0.05) is 33.2 Å². The van der Waals surface area contributed by atoms with Crippen molar-refractivity contribution in [3.8, 4) is 73.0 Å². The van der Waals surface area contributed by atoms with Crippen LogP contribution in [0.3, 0.4) is 0 Å². The number of para-hydroxylation sites is 2. The molecule has 0 saturated carbocycles. The standard InChI is InChI=1S/C60H39N3/c1-4-17-43(18-5-1)59-48-23-11-10-16-41(48)32-35-54(59)56-39-55(61-60(62-56)44-19-6-2-7-20-44)51-37-36-47(49-24-12-13-25-50(49)51)42-30-28-40(29-31-42)45-33-34-53-52-26-14-15-27-57(52)63(58(53)38-45)46-21-8-3-9-22-46/h1-39H. The van der Waals surface area contributed by atoms with Gasteiger partial charge in [-0.1, -0.05) is 206 Å². The number of fused-ring (bicyclic) bond motifs is 5. The van der Waals surface area contributed by atoms with Gasteiger partial charge in [-0.05, 0) is 85.3 Å². The monoisotopic (exact) mass is 801 g/mol. The molecule has 294 valence electrons. The average Bonchev–Trinajstić information content (AvgIpc) is 3.70. The van der Waals surface area contributed by atoms with Crippen molar-refractivity contribution in [1.82, 2.24) is 14.5 Å². The van der Waals surface area contributed by atoms with Crippen molar-refractivity contribution in [3.05, 3.63) is 237 Å². The summed E-state index contributed by atoms with van der Waals surface area (Å²) in [6.45, 7) is 0. The number of benzene rings is 10. The first-order chi connectivity index (χ1) is 31.2. The molecule has 0 bridgehead atoms. The number of rotatable bonds is 7. The third-order valence-corrected chi connectivity index (χ3v) is 12.4. The maximum absolute atomic E-state index is 5.31. The predicted molar refractivity (Wildman–Crippen MR) is 264 cm³/mol. The Morgan fingerprint density at radius 3 is 1.56 bits per heavy atom. The minimum atomic E-state index is 0.696. The van der Waals surface area contributed by atoms with Gasteiger partial charge < -0.3 is 4.57 Å². The van der Waals surface area contributed by atoms with E-state index in [0.29, 0.717) is 5.82 Å². The lowest BCUT2D eigenvalue weighted by Crippen LogP contribution is -1.98. The molecule has 0 fully saturated rings. The third-order valence-electron chi connectivity index (χ3n) is 12.4. The molecule has 2 aromatic heterocycles. The molecule has 0 atom stereocenters. The molecular weight excluding hydrogens is 763 g/mol. The lowest BCUT2D eigenvalue weighted by atomic mass is 9.90. The Balaban J connectivity index is 0.973. The van der Waals surface area contributed by atoms with Crippen LogP contribution in [-0.4, -0.2) is 14.5 Å². The fraction of sp³-hybridized carbons (Fsp3) is 0. The summed E-state index contributed by atoms with van der Waals surface area (Å²) in [5.41, 5.74) is 15.5. The van der Waals surface area contributed by atoms with Crippen molar-refractivity contribution < 1.29 is 0 Å². The minimum Gasteiger partial charge on any atom is -0.309 e. The van der Waals surface area contributed by atoms with Crippen LogP contribution in [0.1, 0.15) is 0 Å². The van der Waals surface area contributed by atoms with Crippen molar-refractivity contribution in [2.75, 3.05) is 0 Å². The van der Waals surface area contributed by atoms with E-state index in [4.69, 9.17) is 9.97 Å². The van der Waals surface area contributed by atoms with E-state index in [2.05, 4.69) is 235 Å². The van der Waals surface area contributed by atoms with Crippen molar-refractivity contribution in [3.63, 3.8) is 0 Å². The Kier molecular flexibility index (Phi) is 8.83. The van der Waals surface area contributed by atoms with E-state index in [9.17, 15) is 0 Å². The number of hydrogen-bond acceptors (Lipinski definition) is 2. The van der Waals surface area contributed by atoms with Crippen LogP contribution in [-0.2, 0) is 0 Å². The number of hydrogen-bond donors (Lipinski definition) is 0. The number of nitrogens with zero attached hydrogens (tertiary/aromatic N) is 3. The fourth-order valence-corrected chi connectivity index (χ4v) is 9.46. The summed E-state index contributed by atoms with van der Waals surface area (Å²) < 4.78 is 2.38. The topological polar surface area (TPSA) is 30.7 Å². The first-order valence-corrected chi connectivity index (χ1v) is 21.5. The second-order valence-electron chi connectivity index (χ2n) is 16.1. The molecule has 0 N–H and O–H groups in total. The van der Waals surface area contributed by atoms with E-state index in [1.54, 1.807) is 0 Å². The molecule has 0 unspecified atom stereocenters. The third kappa shape index (κ3) is 6.38. The van der Waals surface area contributed by atoms with Gasteiger partial charge in [0.1, 0.15) is 0 Å². The average molecular weight is 802 g/mol. The van der Waals surface area contributed by atoms with E-state index < -0.39 is 0 Å². The van der Waals surface area contributed by atoms with Gasteiger partial charge in [-0.3, -0.25) is 0 Å². The fourth-order valence-electron chi connectivity index (χ4n) is 9.46. The SMILES string of the molecule is c1ccc(-c2nc(-c3ccc4ccccc4c3-c3ccccc3)cc(-c3ccc(-c4ccc(-c5ccc6c7ccccc7n(-c7ccccc7)c6c5)cc4)c4ccccc34)n2)cc1. The maximum Gasteiger partial charge on any atom is 0.160 e. The summed E-state index contributed by atoms with van der Waals surface area (Å²) in [4.78, 5) is 10.6. The maximum atomic E-state index is 5.31. The first kappa shape index (κ1) is 36.5. The van der Waals surface area contributed by atoms with Gasteiger partial charge in [-0.25, -0.2) is 9.97 Å². The molecule has 63 heavy (non-hydrogen) atoms. The molecule has 12 rings (SSSR count). The van der Waals surface area contributed by atoms with Gasteiger partial charge in [0.2, 0.25) is 0 Å². The van der Waals surface area contributed by atoms with Gasteiger partial charge in [0.25, 0.3) is 0 Å². The van der Waals surface area contributed by atoms with E-state index in [-0.39, 0.29) is 0 Å². The highest BCUT2D eigenvalue weighted by molar-refractivity contribution is 6.11. The van der Waals surface area contributed by atoms with Crippen molar-refractivity contribution in [2.45, 2.75) is 0 Å². The normalized spacial score (nSPS) is 11.5. The Hall–Kier alpha value is -8.40. The van der Waals surface area contributed by atoms with Crippen LogP contribution in [0.15, 0.2) is 237 Å². The zero-order valence-electron chi connectivity index (χ0n) is 34.4. The Bertz CT molecular complexity index is 3650. The van der Waals surface area contributed by atoms with E-state index >= 15 is 0 Å². The molecule has 0 amide bonds. The molecule has 12 aromatic rings. The highest BCUT2D eigenvalue weighted by Crippen LogP contribution is 2.42.